The molecule has 1 saturated heterocycles. The average molecular weight is 359 g/mol. The lowest BCUT2D eigenvalue weighted by Gasteiger charge is -2.31. The largest absolute Gasteiger partial charge is 0.480 e. The highest BCUT2D eigenvalue weighted by atomic mass is 79.9. The van der Waals surface area contributed by atoms with Crippen molar-refractivity contribution < 1.29 is 13.9 Å². The summed E-state index contributed by atoms with van der Waals surface area (Å²) in [5, 5.41) is 6.27. The molecule has 21 heavy (non-hydrogen) atoms. The van der Waals surface area contributed by atoms with Crippen molar-refractivity contribution in [3.8, 4) is 5.75 Å². The predicted molar refractivity (Wildman–Crippen MR) is 82.8 cm³/mol. The van der Waals surface area contributed by atoms with Crippen molar-refractivity contribution >= 4 is 21.8 Å². The number of nitrogens with one attached hydrogen (secondary N) is 2. The van der Waals surface area contributed by atoms with E-state index in [1.165, 1.54) is 18.2 Å². The van der Waals surface area contributed by atoms with Gasteiger partial charge in [0.15, 0.2) is 6.10 Å². The summed E-state index contributed by atoms with van der Waals surface area (Å²) in [5.74, 6) is 0.383. The van der Waals surface area contributed by atoms with Gasteiger partial charge in [-0.3, -0.25) is 4.79 Å². The molecule has 0 aliphatic carbocycles. The Morgan fingerprint density at radius 2 is 2.33 bits per heavy atom. The standard InChI is InChI=1S/C15H20BrFN2O2/c1-9-5-6-18-8-13(9)19-15(20)10(2)21-14-4-3-11(17)7-12(14)16/h3-4,7,9-10,13,18H,5-6,8H2,1-2H3,(H,19,20). The van der Waals surface area contributed by atoms with Gasteiger partial charge in [0.1, 0.15) is 11.6 Å². The summed E-state index contributed by atoms with van der Waals surface area (Å²) < 4.78 is 19.1. The monoisotopic (exact) mass is 358 g/mol. The van der Waals surface area contributed by atoms with Crippen LogP contribution in [0.4, 0.5) is 4.39 Å². The maximum absolute atomic E-state index is 13.0. The molecule has 116 valence electrons. The minimum atomic E-state index is -0.638. The molecule has 2 N–H and O–H groups in total. The van der Waals surface area contributed by atoms with Crippen LogP contribution in [0.1, 0.15) is 20.3 Å². The zero-order valence-electron chi connectivity index (χ0n) is 12.2. The number of amides is 1. The average Bonchev–Trinajstić information content (AvgIpc) is 2.44. The molecule has 1 amide bonds. The van der Waals surface area contributed by atoms with Crippen LogP contribution in [-0.2, 0) is 4.79 Å². The predicted octanol–water partition coefficient (Wildman–Crippen LogP) is 2.47. The first-order valence-corrected chi connectivity index (χ1v) is 7.89. The van der Waals surface area contributed by atoms with Crippen LogP contribution in [0.15, 0.2) is 22.7 Å². The first-order valence-electron chi connectivity index (χ1n) is 7.10. The van der Waals surface area contributed by atoms with E-state index >= 15 is 0 Å². The van der Waals surface area contributed by atoms with Crippen LogP contribution in [0.3, 0.4) is 0 Å². The number of hydrogen-bond acceptors (Lipinski definition) is 3. The minimum absolute atomic E-state index is 0.119. The van der Waals surface area contributed by atoms with Gasteiger partial charge in [-0.2, -0.15) is 0 Å². The van der Waals surface area contributed by atoms with E-state index in [1.807, 2.05) is 0 Å². The van der Waals surface area contributed by atoms with E-state index in [0.29, 0.717) is 16.1 Å². The summed E-state index contributed by atoms with van der Waals surface area (Å²) in [5.41, 5.74) is 0. The van der Waals surface area contributed by atoms with Gasteiger partial charge in [-0.05, 0) is 59.9 Å². The van der Waals surface area contributed by atoms with E-state index in [2.05, 4.69) is 33.5 Å². The summed E-state index contributed by atoms with van der Waals surface area (Å²) in [6.45, 7) is 5.59. The topological polar surface area (TPSA) is 50.4 Å². The van der Waals surface area contributed by atoms with Crippen molar-refractivity contribution in [1.29, 1.82) is 0 Å². The van der Waals surface area contributed by atoms with Crippen LogP contribution in [0.2, 0.25) is 0 Å². The highest BCUT2D eigenvalue weighted by Gasteiger charge is 2.25. The summed E-state index contributed by atoms with van der Waals surface area (Å²) in [4.78, 5) is 12.2. The molecule has 1 aliphatic rings. The van der Waals surface area contributed by atoms with Crippen molar-refractivity contribution in [2.75, 3.05) is 13.1 Å². The number of rotatable bonds is 4. The van der Waals surface area contributed by atoms with E-state index in [4.69, 9.17) is 4.74 Å². The molecule has 4 nitrogen and oxygen atoms in total. The molecule has 1 aromatic carbocycles. The zero-order chi connectivity index (χ0) is 15.4. The van der Waals surface area contributed by atoms with Crippen LogP contribution in [0, 0.1) is 11.7 Å². The SMILES string of the molecule is CC(Oc1ccc(F)cc1Br)C(=O)NC1CNCCC1C. The third-order valence-corrected chi connectivity index (χ3v) is 4.34. The Hall–Kier alpha value is -1.14. The number of hydrogen-bond donors (Lipinski definition) is 2. The van der Waals surface area contributed by atoms with Crippen LogP contribution >= 0.6 is 15.9 Å². The number of carbonyl (C=O) groups is 1. The number of benzene rings is 1. The van der Waals surface area contributed by atoms with Gasteiger partial charge in [0.05, 0.1) is 4.47 Å². The molecular weight excluding hydrogens is 339 g/mol. The maximum atomic E-state index is 13.0. The molecule has 1 heterocycles. The van der Waals surface area contributed by atoms with Crippen LogP contribution in [-0.4, -0.2) is 31.1 Å². The van der Waals surface area contributed by atoms with Crippen molar-refractivity contribution in [1.82, 2.24) is 10.6 Å². The minimum Gasteiger partial charge on any atom is -0.480 e. The third-order valence-electron chi connectivity index (χ3n) is 3.72. The van der Waals surface area contributed by atoms with E-state index in [1.54, 1.807) is 6.92 Å². The normalized spacial score (nSPS) is 23.4. The smallest absolute Gasteiger partial charge is 0.261 e. The molecule has 1 aromatic rings. The fraction of sp³-hybridized carbons (Fsp3) is 0.533. The van der Waals surface area contributed by atoms with E-state index < -0.39 is 6.10 Å². The molecule has 0 spiro atoms. The molecule has 3 atom stereocenters. The summed E-state index contributed by atoms with van der Waals surface area (Å²) in [6, 6.07) is 4.24. The van der Waals surface area contributed by atoms with E-state index in [0.717, 1.165) is 19.5 Å². The second kappa shape index (κ2) is 7.22. The maximum Gasteiger partial charge on any atom is 0.261 e. The highest BCUT2D eigenvalue weighted by Crippen LogP contribution is 2.26. The van der Waals surface area contributed by atoms with Crippen LogP contribution < -0.4 is 15.4 Å². The lowest BCUT2D eigenvalue weighted by Crippen LogP contribution is -2.52. The molecule has 1 fully saturated rings. The van der Waals surface area contributed by atoms with Crippen LogP contribution in [0.5, 0.6) is 5.75 Å². The van der Waals surface area contributed by atoms with Gasteiger partial charge in [0.2, 0.25) is 0 Å². The van der Waals surface area contributed by atoms with Crippen molar-refractivity contribution in [3.63, 3.8) is 0 Å². The van der Waals surface area contributed by atoms with Gasteiger partial charge >= 0.3 is 0 Å². The zero-order valence-corrected chi connectivity index (χ0v) is 13.7. The van der Waals surface area contributed by atoms with E-state index in [9.17, 15) is 9.18 Å². The fourth-order valence-corrected chi connectivity index (χ4v) is 2.74. The quantitative estimate of drug-likeness (QED) is 0.869. The first kappa shape index (κ1) is 16.2. The van der Waals surface area contributed by atoms with Gasteiger partial charge in [0.25, 0.3) is 5.91 Å². The van der Waals surface area contributed by atoms with Gasteiger partial charge in [-0.15, -0.1) is 0 Å². The molecule has 0 radical (unpaired) electrons. The summed E-state index contributed by atoms with van der Waals surface area (Å²) >= 11 is 3.23. The molecule has 0 saturated carbocycles. The highest BCUT2D eigenvalue weighted by molar-refractivity contribution is 9.10. The molecule has 0 bridgehead atoms. The Bertz CT molecular complexity index is 512. The molecule has 1 aliphatic heterocycles. The first-order chi connectivity index (χ1) is 9.97. The Balaban J connectivity index is 1.92. The second-order valence-electron chi connectivity index (χ2n) is 5.42. The number of piperidine rings is 1. The molecule has 3 unspecified atom stereocenters. The van der Waals surface area contributed by atoms with Gasteiger partial charge in [-0.25, -0.2) is 4.39 Å². The lowest BCUT2D eigenvalue weighted by atomic mass is 9.95. The second-order valence-corrected chi connectivity index (χ2v) is 6.27. The number of ether oxygens (including phenoxy) is 1. The van der Waals surface area contributed by atoms with Crippen molar-refractivity contribution in [2.45, 2.75) is 32.4 Å². The molecular formula is C15H20BrFN2O2. The number of carbonyl (C=O) groups excluding carboxylic acids is 1. The fourth-order valence-electron chi connectivity index (χ4n) is 2.30. The Labute approximate surface area is 132 Å². The molecule has 6 heteroatoms. The third kappa shape index (κ3) is 4.41. The van der Waals surface area contributed by atoms with Gasteiger partial charge in [-0.1, -0.05) is 6.92 Å². The van der Waals surface area contributed by atoms with E-state index in [-0.39, 0.29) is 17.8 Å². The van der Waals surface area contributed by atoms with Crippen LogP contribution in [0.25, 0.3) is 0 Å². The van der Waals surface area contributed by atoms with Gasteiger partial charge < -0.3 is 15.4 Å². The van der Waals surface area contributed by atoms with Crippen molar-refractivity contribution in [3.05, 3.63) is 28.5 Å². The van der Waals surface area contributed by atoms with Gasteiger partial charge in [0, 0.05) is 12.6 Å². The molecule has 2 rings (SSSR count). The Morgan fingerprint density at radius 3 is 3.00 bits per heavy atom. The Kier molecular flexibility index (Phi) is 5.58. The Morgan fingerprint density at radius 1 is 1.57 bits per heavy atom. The summed E-state index contributed by atoms with van der Waals surface area (Å²) in [7, 11) is 0. The molecule has 0 aromatic heterocycles. The summed E-state index contributed by atoms with van der Waals surface area (Å²) in [6.07, 6.45) is 0.407. The number of halogens is 2. The van der Waals surface area contributed by atoms with Crippen molar-refractivity contribution in [2.24, 2.45) is 5.92 Å². The lowest BCUT2D eigenvalue weighted by molar-refractivity contribution is -0.128.